The number of hydrogen-bond acceptors (Lipinski definition) is 5. The predicted octanol–water partition coefficient (Wildman–Crippen LogP) is 1.34. The molecule has 0 aromatic heterocycles. The molecule has 0 unspecified atom stereocenters. The Bertz CT molecular complexity index is 723. The first-order valence-electron chi connectivity index (χ1n) is 8.55. The first-order valence-corrected chi connectivity index (χ1v) is 11.5. The molecule has 1 aromatic rings. The van der Waals surface area contributed by atoms with E-state index in [1.807, 2.05) is 13.8 Å². The normalized spacial score (nSPS) is 12.9. The van der Waals surface area contributed by atoms with E-state index in [2.05, 4.69) is 9.62 Å². The van der Waals surface area contributed by atoms with Crippen LogP contribution in [-0.2, 0) is 20.0 Å². The number of rotatable bonds is 11. The van der Waals surface area contributed by atoms with Gasteiger partial charge in [-0.15, -0.1) is 0 Å². The van der Waals surface area contributed by atoms with Crippen LogP contribution in [-0.4, -0.2) is 65.3 Å². The molecule has 0 fully saturated rings. The molecule has 0 amide bonds. The molecule has 1 aromatic carbocycles. The van der Waals surface area contributed by atoms with Crippen LogP contribution < -0.4 is 4.72 Å². The van der Waals surface area contributed by atoms with Gasteiger partial charge in [-0.05, 0) is 37.4 Å². The van der Waals surface area contributed by atoms with Gasteiger partial charge in [-0.2, -0.15) is 4.31 Å². The second kappa shape index (κ2) is 9.63. The first-order chi connectivity index (χ1) is 11.7. The van der Waals surface area contributed by atoms with Gasteiger partial charge in [0.25, 0.3) is 0 Å². The zero-order valence-corrected chi connectivity index (χ0v) is 17.0. The van der Waals surface area contributed by atoms with Gasteiger partial charge in [0.05, 0.1) is 9.79 Å². The van der Waals surface area contributed by atoms with Crippen molar-refractivity contribution in [3.8, 4) is 0 Å². The smallest absolute Gasteiger partial charge is 0.243 e. The minimum atomic E-state index is -3.65. The van der Waals surface area contributed by atoms with E-state index in [0.717, 1.165) is 13.1 Å². The van der Waals surface area contributed by atoms with Gasteiger partial charge in [-0.1, -0.05) is 27.7 Å². The largest absolute Gasteiger partial charge is 0.303 e. The van der Waals surface area contributed by atoms with Crippen molar-refractivity contribution >= 4 is 20.0 Å². The van der Waals surface area contributed by atoms with E-state index in [4.69, 9.17) is 0 Å². The summed E-state index contributed by atoms with van der Waals surface area (Å²) in [4.78, 5) is 2.27. The Kier molecular flexibility index (Phi) is 8.49. The summed E-state index contributed by atoms with van der Waals surface area (Å²) in [5.41, 5.74) is 0. The highest BCUT2D eigenvalue weighted by Crippen LogP contribution is 2.18. The maximum atomic E-state index is 12.4. The van der Waals surface area contributed by atoms with Crippen LogP contribution in [0, 0.1) is 0 Å². The van der Waals surface area contributed by atoms with Crippen LogP contribution in [0.4, 0.5) is 0 Å². The summed E-state index contributed by atoms with van der Waals surface area (Å²) in [5, 5.41) is 0. The molecule has 25 heavy (non-hydrogen) atoms. The average Bonchev–Trinajstić information content (AvgIpc) is 2.59. The van der Waals surface area contributed by atoms with Crippen LogP contribution in [0.25, 0.3) is 0 Å². The summed E-state index contributed by atoms with van der Waals surface area (Å²) in [5.74, 6) is 0. The van der Waals surface area contributed by atoms with E-state index in [-0.39, 0.29) is 9.79 Å². The second-order valence-corrected chi connectivity index (χ2v) is 9.19. The van der Waals surface area contributed by atoms with Gasteiger partial charge < -0.3 is 4.90 Å². The molecule has 0 saturated carbocycles. The maximum Gasteiger partial charge on any atom is 0.243 e. The van der Waals surface area contributed by atoms with Crippen LogP contribution in [0.15, 0.2) is 34.1 Å². The molecule has 0 aliphatic carbocycles. The lowest BCUT2D eigenvalue weighted by Crippen LogP contribution is -2.34. The molecule has 0 aliphatic heterocycles. The maximum absolute atomic E-state index is 12.4. The van der Waals surface area contributed by atoms with Crippen molar-refractivity contribution < 1.29 is 16.8 Å². The summed E-state index contributed by atoms with van der Waals surface area (Å²) in [7, 11) is -7.24. The Morgan fingerprint density at radius 1 is 0.800 bits per heavy atom. The van der Waals surface area contributed by atoms with Crippen molar-refractivity contribution in [3.63, 3.8) is 0 Å². The lowest BCUT2D eigenvalue weighted by molar-refractivity contribution is 0.309. The van der Waals surface area contributed by atoms with Gasteiger partial charge in [0, 0.05) is 26.2 Å². The van der Waals surface area contributed by atoms with Crippen LogP contribution in [0.1, 0.15) is 27.7 Å². The van der Waals surface area contributed by atoms with Crippen molar-refractivity contribution in [2.24, 2.45) is 0 Å². The van der Waals surface area contributed by atoms with Crippen LogP contribution >= 0.6 is 0 Å². The highest BCUT2D eigenvalue weighted by Gasteiger charge is 2.22. The first kappa shape index (κ1) is 22.0. The Labute approximate surface area is 152 Å². The molecule has 0 spiro atoms. The minimum Gasteiger partial charge on any atom is -0.303 e. The third-order valence-corrected chi connectivity index (χ3v) is 7.63. The molecule has 9 heteroatoms. The molecular formula is C16H29N3O4S2. The summed E-state index contributed by atoms with van der Waals surface area (Å²) < 4.78 is 53.3. The fourth-order valence-electron chi connectivity index (χ4n) is 2.46. The van der Waals surface area contributed by atoms with E-state index >= 15 is 0 Å². The van der Waals surface area contributed by atoms with E-state index < -0.39 is 20.0 Å². The highest BCUT2D eigenvalue weighted by molar-refractivity contribution is 7.89. The molecule has 1 N–H and O–H groups in total. The summed E-state index contributed by atoms with van der Waals surface area (Å²) in [6.07, 6.45) is 0. The molecule has 0 aliphatic rings. The third-order valence-electron chi connectivity index (χ3n) is 4.09. The summed E-state index contributed by atoms with van der Waals surface area (Å²) >= 11 is 0. The fourth-order valence-corrected chi connectivity index (χ4v) is 4.94. The van der Waals surface area contributed by atoms with Crippen molar-refractivity contribution in [2.75, 3.05) is 39.3 Å². The van der Waals surface area contributed by atoms with E-state index in [1.54, 1.807) is 13.8 Å². The van der Waals surface area contributed by atoms with Crippen molar-refractivity contribution in [1.82, 2.24) is 13.9 Å². The summed E-state index contributed by atoms with van der Waals surface area (Å²) in [6.45, 7) is 11.0. The number of nitrogens with zero attached hydrogens (tertiary/aromatic N) is 2. The average molecular weight is 392 g/mol. The van der Waals surface area contributed by atoms with Crippen LogP contribution in [0.3, 0.4) is 0 Å². The zero-order chi connectivity index (χ0) is 19.1. The van der Waals surface area contributed by atoms with Crippen LogP contribution in [0.5, 0.6) is 0 Å². The predicted molar refractivity (Wildman–Crippen MR) is 99.5 cm³/mol. The Morgan fingerprint density at radius 3 is 1.72 bits per heavy atom. The SMILES string of the molecule is CCN(CC)CCNS(=O)(=O)c1ccc(S(=O)(=O)N(CC)CC)cc1. The number of benzene rings is 1. The number of nitrogens with one attached hydrogen (secondary N) is 1. The van der Waals surface area contributed by atoms with Gasteiger partial charge in [-0.25, -0.2) is 21.6 Å². The fraction of sp³-hybridized carbons (Fsp3) is 0.625. The van der Waals surface area contributed by atoms with Gasteiger partial charge >= 0.3 is 0 Å². The standard InChI is InChI=1S/C16H29N3O4S2/c1-5-18(6-2)14-13-17-24(20,21)15-9-11-16(12-10-15)25(22,23)19(7-3)8-4/h9-12,17H,5-8,13-14H2,1-4H3. The number of hydrogen-bond donors (Lipinski definition) is 1. The Hall–Kier alpha value is -1.00. The molecule has 0 atom stereocenters. The minimum absolute atomic E-state index is 0.0607. The lowest BCUT2D eigenvalue weighted by Gasteiger charge is -2.19. The van der Waals surface area contributed by atoms with Gasteiger partial charge in [0.15, 0.2) is 0 Å². The second-order valence-electron chi connectivity index (χ2n) is 5.49. The molecule has 1 rings (SSSR count). The van der Waals surface area contributed by atoms with Crippen LogP contribution in [0.2, 0.25) is 0 Å². The van der Waals surface area contributed by atoms with Gasteiger partial charge in [-0.3, -0.25) is 0 Å². The highest BCUT2D eigenvalue weighted by atomic mass is 32.2. The Morgan fingerprint density at radius 2 is 1.28 bits per heavy atom. The molecule has 0 radical (unpaired) electrons. The molecular weight excluding hydrogens is 362 g/mol. The topological polar surface area (TPSA) is 86.8 Å². The van der Waals surface area contributed by atoms with Crippen molar-refractivity contribution in [3.05, 3.63) is 24.3 Å². The van der Waals surface area contributed by atoms with E-state index in [0.29, 0.717) is 26.2 Å². The molecule has 144 valence electrons. The number of sulfonamides is 2. The monoisotopic (exact) mass is 391 g/mol. The lowest BCUT2D eigenvalue weighted by atomic mass is 10.4. The quantitative estimate of drug-likeness (QED) is 0.615. The van der Waals surface area contributed by atoms with Crippen molar-refractivity contribution in [2.45, 2.75) is 37.5 Å². The van der Waals surface area contributed by atoms with Gasteiger partial charge in [0.1, 0.15) is 0 Å². The summed E-state index contributed by atoms with van der Waals surface area (Å²) in [6, 6.07) is 5.34. The zero-order valence-electron chi connectivity index (χ0n) is 15.4. The van der Waals surface area contributed by atoms with E-state index in [9.17, 15) is 16.8 Å². The van der Waals surface area contributed by atoms with E-state index in [1.165, 1.54) is 28.6 Å². The molecule has 0 heterocycles. The molecule has 7 nitrogen and oxygen atoms in total. The van der Waals surface area contributed by atoms with Crippen molar-refractivity contribution in [1.29, 1.82) is 0 Å². The Balaban J connectivity index is 2.87. The molecule has 0 saturated heterocycles. The number of likely N-dealkylation sites (N-methyl/N-ethyl adjacent to an activating group) is 1. The van der Waals surface area contributed by atoms with Gasteiger partial charge in [0.2, 0.25) is 20.0 Å². The third kappa shape index (κ3) is 5.75. The molecule has 0 bridgehead atoms.